The number of hydrogen-bond acceptors (Lipinski definition) is 6. The van der Waals surface area contributed by atoms with Crippen LogP contribution in [0, 0.1) is 5.92 Å². The first-order valence-electron chi connectivity index (χ1n) is 6.50. The molecule has 108 valence electrons. The lowest BCUT2D eigenvalue weighted by atomic mass is 10.2. The van der Waals surface area contributed by atoms with Gasteiger partial charge in [0.1, 0.15) is 5.75 Å². The van der Waals surface area contributed by atoms with Crippen molar-refractivity contribution in [1.29, 1.82) is 0 Å². The van der Waals surface area contributed by atoms with Crippen LogP contribution >= 0.6 is 23.1 Å². The van der Waals surface area contributed by atoms with Crippen molar-refractivity contribution in [3.8, 4) is 5.75 Å². The second-order valence-corrected chi connectivity index (χ2v) is 6.99. The van der Waals surface area contributed by atoms with Crippen LogP contribution in [-0.2, 0) is 5.75 Å². The summed E-state index contributed by atoms with van der Waals surface area (Å²) in [5.41, 5.74) is 1.22. The zero-order chi connectivity index (χ0) is 14.4. The lowest BCUT2D eigenvalue weighted by Crippen LogP contribution is -2.07. The summed E-state index contributed by atoms with van der Waals surface area (Å²) in [7, 11) is 1.68. The molecule has 0 amide bonds. The minimum absolute atomic E-state index is 0.604. The van der Waals surface area contributed by atoms with E-state index in [1.54, 1.807) is 30.2 Å². The molecule has 4 nitrogen and oxygen atoms in total. The summed E-state index contributed by atoms with van der Waals surface area (Å²) in [5.74, 6) is 2.36. The maximum atomic E-state index is 5.22. The number of anilines is 1. The smallest absolute Gasteiger partial charge is 0.206 e. The van der Waals surface area contributed by atoms with Crippen LogP contribution in [0.3, 0.4) is 0 Å². The normalized spacial score (nSPS) is 10.8. The number of nitrogens with zero attached hydrogens (tertiary/aromatic N) is 2. The van der Waals surface area contributed by atoms with Gasteiger partial charge in [0.15, 0.2) is 4.34 Å². The third kappa shape index (κ3) is 4.68. The monoisotopic (exact) mass is 309 g/mol. The zero-order valence-corrected chi connectivity index (χ0v) is 13.6. The average Bonchev–Trinajstić information content (AvgIpc) is 2.91. The van der Waals surface area contributed by atoms with Gasteiger partial charge in [0.05, 0.1) is 7.11 Å². The van der Waals surface area contributed by atoms with E-state index in [1.165, 1.54) is 5.56 Å². The Morgan fingerprint density at radius 3 is 2.95 bits per heavy atom. The van der Waals surface area contributed by atoms with Crippen LogP contribution in [0.5, 0.6) is 5.75 Å². The molecule has 0 aliphatic heterocycles. The predicted molar refractivity (Wildman–Crippen MR) is 85.8 cm³/mol. The summed E-state index contributed by atoms with van der Waals surface area (Å²) >= 11 is 3.30. The van der Waals surface area contributed by atoms with Crippen molar-refractivity contribution in [2.75, 3.05) is 19.0 Å². The molecule has 1 aromatic carbocycles. The molecule has 1 heterocycles. The highest BCUT2D eigenvalue weighted by molar-refractivity contribution is 8.00. The van der Waals surface area contributed by atoms with Crippen molar-refractivity contribution in [1.82, 2.24) is 10.2 Å². The van der Waals surface area contributed by atoms with Crippen molar-refractivity contribution in [2.45, 2.75) is 23.9 Å². The highest BCUT2D eigenvalue weighted by Crippen LogP contribution is 2.29. The Kier molecular flexibility index (Phi) is 5.67. The van der Waals surface area contributed by atoms with Crippen LogP contribution in [0.1, 0.15) is 19.4 Å². The van der Waals surface area contributed by atoms with Gasteiger partial charge in [0.25, 0.3) is 0 Å². The highest BCUT2D eigenvalue weighted by atomic mass is 32.2. The van der Waals surface area contributed by atoms with Crippen molar-refractivity contribution >= 4 is 28.2 Å². The molecule has 2 rings (SSSR count). The standard InChI is InChI=1S/C14H19N3OS2/c1-10(2)8-15-13-16-17-14(20-13)19-9-11-5-4-6-12(7-11)18-3/h4-7,10H,8-9H2,1-3H3,(H,15,16). The SMILES string of the molecule is COc1cccc(CSc2nnc(NCC(C)C)s2)c1. The second kappa shape index (κ2) is 7.50. The number of thioether (sulfide) groups is 1. The van der Waals surface area contributed by atoms with Crippen molar-refractivity contribution < 1.29 is 4.74 Å². The molecular weight excluding hydrogens is 290 g/mol. The first-order valence-corrected chi connectivity index (χ1v) is 8.30. The van der Waals surface area contributed by atoms with Gasteiger partial charge in [-0.25, -0.2) is 0 Å². The van der Waals surface area contributed by atoms with Gasteiger partial charge in [0, 0.05) is 12.3 Å². The van der Waals surface area contributed by atoms with E-state index in [-0.39, 0.29) is 0 Å². The predicted octanol–water partition coefficient (Wildman–Crippen LogP) is 3.91. The van der Waals surface area contributed by atoms with Crippen LogP contribution in [0.4, 0.5) is 5.13 Å². The number of ether oxygens (including phenoxy) is 1. The van der Waals surface area contributed by atoms with E-state index in [0.29, 0.717) is 5.92 Å². The zero-order valence-electron chi connectivity index (χ0n) is 11.9. The first kappa shape index (κ1) is 15.1. The Morgan fingerprint density at radius 2 is 2.20 bits per heavy atom. The minimum atomic E-state index is 0.604. The fourth-order valence-electron chi connectivity index (χ4n) is 1.54. The van der Waals surface area contributed by atoms with Crippen molar-refractivity contribution in [3.63, 3.8) is 0 Å². The molecule has 6 heteroatoms. The fraction of sp³-hybridized carbons (Fsp3) is 0.429. The lowest BCUT2D eigenvalue weighted by molar-refractivity contribution is 0.414. The van der Waals surface area contributed by atoms with Crippen molar-refractivity contribution in [2.24, 2.45) is 5.92 Å². The third-order valence-electron chi connectivity index (χ3n) is 2.56. The quantitative estimate of drug-likeness (QED) is 0.786. The van der Waals surface area contributed by atoms with Gasteiger partial charge in [-0.3, -0.25) is 0 Å². The van der Waals surface area contributed by atoms with Crippen LogP contribution in [-0.4, -0.2) is 23.9 Å². The van der Waals surface area contributed by atoms with E-state index in [1.807, 2.05) is 18.2 Å². The molecule has 0 radical (unpaired) electrons. The van der Waals surface area contributed by atoms with E-state index in [2.05, 4.69) is 35.4 Å². The van der Waals surface area contributed by atoms with Gasteiger partial charge in [-0.1, -0.05) is 49.1 Å². The molecule has 0 aliphatic rings. The molecule has 0 aliphatic carbocycles. The van der Waals surface area contributed by atoms with Gasteiger partial charge >= 0.3 is 0 Å². The summed E-state index contributed by atoms with van der Waals surface area (Å²) in [4.78, 5) is 0. The summed E-state index contributed by atoms with van der Waals surface area (Å²) in [6.45, 7) is 5.27. The minimum Gasteiger partial charge on any atom is -0.497 e. The number of nitrogens with one attached hydrogen (secondary N) is 1. The van der Waals surface area contributed by atoms with Crippen molar-refractivity contribution in [3.05, 3.63) is 29.8 Å². The molecule has 0 bridgehead atoms. The van der Waals surface area contributed by atoms with E-state index in [9.17, 15) is 0 Å². The maximum Gasteiger partial charge on any atom is 0.206 e. The third-order valence-corrected chi connectivity index (χ3v) is 4.65. The summed E-state index contributed by atoms with van der Waals surface area (Å²) in [6.07, 6.45) is 0. The van der Waals surface area contributed by atoms with E-state index >= 15 is 0 Å². The number of methoxy groups -OCH3 is 1. The topological polar surface area (TPSA) is 47.0 Å². The molecule has 20 heavy (non-hydrogen) atoms. The Balaban J connectivity index is 1.87. The Bertz CT molecular complexity index is 543. The summed E-state index contributed by atoms with van der Waals surface area (Å²) < 4.78 is 6.21. The summed E-state index contributed by atoms with van der Waals surface area (Å²) in [5, 5.41) is 12.5. The van der Waals surface area contributed by atoms with Crippen LogP contribution in [0.25, 0.3) is 0 Å². The number of rotatable bonds is 7. The average molecular weight is 309 g/mol. The molecule has 0 saturated carbocycles. The molecule has 0 unspecified atom stereocenters. The second-order valence-electron chi connectivity index (χ2n) is 4.79. The van der Waals surface area contributed by atoms with Gasteiger partial charge < -0.3 is 10.1 Å². The van der Waals surface area contributed by atoms with Gasteiger partial charge in [-0.2, -0.15) is 0 Å². The highest BCUT2D eigenvalue weighted by Gasteiger charge is 2.06. The number of hydrogen-bond donors (Lipinski definition) is 1. The number of aromatic nitrogens is 2. The largest absolute Gasteiger partial charge is 0.497 e. The summed E-state index contributed by atoms with van der Waals surface area (Å²) in [6, 6.07) is 8.10. The molecule has 0 fully saturated rings. The van der Waals surface area contributed by atoms with Crippen LogP contribution < -0.4 is 10.1 Å². The molecular formula is C14H19N3OS2. The molecule has 0 spiro atoms. The Hall–Kier alpha value is -1.27. The van der Waals surface area contributed by atoms with E-state index < -0.39 is 0 Å². The van der Waals surface area contributed by atoms with Gasteiger partial charge in [-0.15, -0.1) is 10.2 Å². The van der Waals surface area contributed by atoms with E-state index in [0.717, 1.165) is 27.5 Å². The number of benzene rings is 1. The Labute approximate surface area is 128 Å². The molecule has 1 N–H and O–H groups in total. The van der Waals surface area contributed by atoms with Crippen LogP contribution in [0.15, 0.2) is 28.6 Å². The molecule has 2 aromatic rings. The lowest BCUT2D eigenvalue weighted by Gasteiger charge is -2.03. The molecule has 0 atom stereocenters. The molecule has 0 saturated heterocycles. The maximum absolute atomic E-state index is 5.22. The Morgan fingerprint density at radius 1 is 1.35 bits per heavy atom. The van der Waals surface area contributed by atoms with E-state index in [4.69, 9.17) is 4.74 Å². The molecule has 1 aromatic heterocycles. The van der Waals surface area contributed by atoms with Crippen LogP contribution in [0.2, 0.25) is 0 Å². The first-order chi connectivity index (χ1) is 9.67. The fourth-order valence-corrected chi connectivity index (χ4v) is 3.24. The van der Waals surface area contributed by atoms with Gasteiger partial charge in [0.2, 0.25) is 5.13 Å². The van der Waals surface area contributed by atoms with Gasteiger partial charge in [-0.05, 0) is 23.6 Å².